The number of rotatable bonds is 6. The molecule has 2 aliphatic rings. The number of anilines is 1. The van der Waals surface area contributed by atoms with Crippen molar-refractivity contribution in [3.8, 4) is 11.5 Å². The van der Waals surface area contributed by atoms with Crippen LogP contribution in [0.2, 0.25) is 0 Å². The molecule has 2 amide bonds. The fourth-order valence-electron chi connectivity index (χ4n) is 3.97. The maximum absolute atomic E-state index is 13.0. The highest BCUT2D eigenvalue weighted by Gasteiger charge is 2.29. The van der Waals surface area contributed by atoms with Gasteiger partial charge in [0.15, 0.2) is 11.5 Å². The SMILES string of the molecule is CC(C)C[C@H](NC(=O)[C@@H]1Cc2ccccc2CN1)C(=O)Nc1ccc2c(c1)OCCO2.Cl. The summed E-state index contributed by atoms with van der Waals surface area (Å²) < 4.78 is 11.1. The van der Waals surface area contributed by atoms with E-state index in [0.29, 0.717) is 49.8 Å². The molecule has 0 saturated carbocycles. The molecule has 4 rings (SSSR count). The first-order valence-corrected chi connectivity index (χ1v) is 10.8. The number of nitrogens with one attached hydrogen (secondary N) is 3. The number of hydrogen-bond acceptors (Lipinski definition) is 5. The Hall–Kier alpha value is -2.77. The minimum Gasteiger partial charge on any atom is -0.486 e. The first-order valence-electron chi connectivity index (χ1n) is 10.8. The summed E-state index contributed by atoms with van der Waals surface area (Å²) in [4.78, 5) is 26.0. The molecule has 0 unspecified atom stereocenters. The van der Waals surface area contributed by atoms with Gasteiger partial charge in [0.2, 0.25) is 11.8 Å². The van der Waals surface area contributed by atoms with Gasteiger partial charge in [0, 0.05) is 18.3 Å². The second-order valence-corrected chi connectivity index (χ2v) is 8.44. The van der Waals surface area contributed by atoms with E-state index in [4.69, 9.17) is 9.47 Å². The Bertz CT molecular complexity index is 966. The van der Waals surface area contributed by atoms with Crippen LogP contribution in [0.15, 0.2) is 42.5 Å². The first-order chi connectivity index (χ1) is 15.0. The first kappa shape index (κ1) is 23.9. The number of halogens is 1. The second-order valence-electron chi connectivity index (χ2n) is 8.44. The average Bonchev–Trinajstić information content (AvgIpc) is 2.77. The van der Waals surface area contributed by atoms with E-state index in [0.717, 1.165) is 0 Å². The van der Waals surface area contributed by atoms with E-state index in [2.05, 4.69) is 28.1 Å². The van der Waals surface area contributed by atoms with Crippen molar-refractivity contribution in [1.82, 2.24) is 10.6 Å². The summed E-state index contributed by atoms with van der Waals surface area (Å²) in [6.45, 7) is 5.71. The molecule has 2 atom stereocenters. The van der Waals surface area contributed by atoms with Gasteiger partial charge < -0.3 is 25.4 Å². The van der Waals surface area contributed by atoms with Gasteiger partial charge in [-0.1, -0.05) is 38.1 Å². The number of fused-ring (bicyclic) bond motifs is 2. The molecule has 8 heteroatoms. The van der Waals surface area contributed by atoms with Crippen molar-refractivity contribution >= 4 is 29.9 Å². The predicted molar refractivity (Wildman–Crippen MR) is 125 cm³/mol. The summed E-state index contributed by atoms with van der Waals surface area (Å²) in [5.41, 5.74) is 2.99. The lowest BCUT2D eigenvalue weighted by Gasteiger charge is -2.28. The number of amides is 2. The summed E-state index contributed by atoms with van der Waals surface area (Å²) in [6, 6.07) is 12.4. The molecule has 0 spiro atoms. The number of carbonyl (C=O) groups is 2. The van der Waals surface area contributed by atoms with Gasteiger partial charge in [-0.15, -0.1) is 12.4 Å². The van der Waals surface area contributed by atoms with E-state index in [1.165, 1.54) is 11.1 Å². The Balaban J connectivity index is 0.00000289. The molecule has 2 aliphatic heterocycles. The summed E-state index contributed by atoms with van der Waals surface area (Å²) in [6.07, 6.45) is 1.16. The van der Waals surface area contributed by atoms with E-state index < -0.39 is 6.04 Å². The molecule has 0 aliphatic carbocycles. The Morgan fingerprint density at radius 1 is 1.06 bits per heavy atom. The molecule has 0 bridgehead atoms. The molecule has 3 N–H and O–H groups in total. The summed E-state index contributed by atoms with van der Waals surface area (Å²) in [5, 5.41) is 9.16. The van der Waals surface area contributed by atoms with Gasteiger partial charge in [-0.2, -0.15) is 0 Å². The third kappa shape index (κ3) is 5.72. The van der Waals surface area contributed by atoms with Crippen molar-refractivity contribution in [2.75, 3.05) is 18.5 Å². The fraction of sp³-hybridized carbons (Fsp3) is 0.417. The zero-order chi connectivity index (χ0) is 21.8. The van der Waals surface area contributed by atoms with Gasteiger partial charge in [-0.05, 0) is 42.0 Å². The van der Waals surface area contributed by atoms with Gasteiger partial charge in [0.05, 0.1) is 6.04 Å². The van der Waals surface area contributed by atoms with Crippen LogP contribution in [-0.4, -0.2) is 37.1 Å². The topological polar surface area (TPSA) is 88.7 Å². The average molecular weight is 460 g/mol. The van der Waals surface area contributed by atoms with E-state index in [9.17, 15) is 9.59 Å². The molecular formula is C24H30ClN3O4. The lowest BCUT2D eigenvalue weighted by atomic mass is 9.95. The molecule has 7 nitrogen and oxygen atoms in total. The lowest BCUT2D eigenvalue weighted by Crippen LogP contribution is -2.53. The van der Waals surface area contributed by atoms with Crippen molar-refractivity contribution in [3.63, 3.8) is 0 Å². The third-order valence-electron chi connectivity index (χ3n) is 5.55. The molecule has 2 aromatic carbocycles. The van der Waals surface area contributed by atoms with Gasteiger partial charge in [0.25, 0.3) is 0 Å². The second kappa shape index (κ2) is 10.7. The maximum Gasteiger partial charge on any atom is 0.246 e. The highest BCUT2D eigenvalue weighted by Crippen LogP contribution is 2.32. The van der Waals surface area contributed by atoms with Gasteiger partial charge in [-0.3, -0.25) is 9.59 Å². The molecule has 172 valence electrons. The summed E-state index contributed by atoms with van der Waals surface area (Å²) >= 11 is 0. The Labute approximate surface area is 194 Å². The van der Waals surface area contributed by atoms with Crippen LogP contribution in [0.4, 0.5) is 5.69 Å². The van der Waals surface area contributed by atoms with Gasteiger partial charge >= 0.3 is 0 Å². The van der Waals surface area contributed by atoms with E-state index in [-0.39, 0.29) is 36.2 Å². The minimum absolute atomic E-state index is 0. The minimum atomic E-state index is -0.625. The quantitative estimate of drug-likeness (QED) is 0.617. The third-order valence-corrected chi connectivity index (χ3v) is 5.55. The normalized spacial score (nSPS) is 17.5. The lowest BCUT2D eigenvalue weighted by molar-refractivity contribution is -0.128. The molecule has 0 aromatic heterocycles. The molecular weight excluding hydrogens is 430 g/mol. The molecule has 2 aromatic rings. The molecule has 0 fully saturated rings. The van der Waals surface area contributed by atoms with Crippen molar-refractivity contribution in [3.05, 3.63) is 53.6 Å². The molecule has 0 saturated heterocycles. The Morgan fingerprint density at radius 2 is 1.78 bits per heavy atom. The van der Waals surface area contributed by atoms with E-state index >= 15 is 0 Å². The maximum atomic E-state index is 13.0. The van der Waals surface area contributed by atoms with Crippen LogP contribution in [0.1, 0.15) is 31.4 Å². The van der Waals surface area contributed by atoms with Crippen molar-refractivity contribution in [2.24, 2.45) is 5.92 Å². The summed E-state index contributed by atoms with van der Waals surface area (Å²) in [5.74, 6) is 1.13. The Kier molecular flexibility index (Phi) is 7.99. The summed E-state index contributed by atoms with van der Waals surface area (Å²) in [7, 11) is 0. The van der Waals surface area contributed by atoms with Crippen LogP contribution in [0, 0.1) is 5.92 Å². The zero-order valence-electron chi connectivity index (χ0n) is 18.4. The van der Waals surface area contributed by atoms with Crippen LogP contribution in [0.25, 0.3) is 0 Å². The number of ether oxygens (including phenoxy) is 2. The van der Waals surface area contributed by atoms with Crippen LogP contribution in [0.3, 0.4) is 0 Å². The smallest absolute Gasteiger partial charge is 0.246 e. The zero-order valence-corrected chi connectivity index (χ0v) is 19.2. The number of benzene rings is 2. The highest BCUT2D eigenvalue weighted by atomic mass is 35.5. The van der Waals surface area contributed by atoms with Gasteiger partial charge in [-0.25, -0.2) is 0 Å². The monoisotopic (exact) mass is 459 g/mol. The largest absolute Gasteiger partial charge is 0.486 e. The van der Waals surface area contributed by atoms with E-state index in [1.807, 2.05) is 26.0 Å². The van der Waals surface area contributed by atoms with Crippen molar-refractivity contribution in [2.45, 2.75) is 45.3 Å². The molecule has 0 radical (unpaired) electrons. The number of carbonyl (C=O) groups excluding carboxylic acids is 2. The van der Waals surface area contributed by atoms with E-state index in [1.54, 1.807) is 18.2 Å². The molecule has 32 heavy (non-hydrogen) atoms. The molecule has 2 heterocycles. The van der Waals surface area contributed by atoms with Crippen LogP contribution >= 0.6 is 12.4 Å². The predicted octanol–water partition coefficient (Wildman–Crippen LogP) is 3.06. The van der Waals surface area contributed by atoms with Crippen molar-refractivity contribution < 1.29 is 19.1 Å². The van der Waals surface area contributed by atoms with Crippen LogP contribution in [-0.2, 0) is 22.6 Å². The fourth-order valence-corrected chi connectivity index (χ4v) is 3.97. The standard InChI is InChI=1S/C24H29N3O4.ClH/c1-15(2)11-20(24(29)26-18-7-8-21-22(13-18)31-10-9-30-21)27-23(28)19-12-16-5-3-4-6-17(16)14-25-19;/h3-8,13,15,19-20,25H,9-12,14H2,1-2H3,(H,26,29)(H,27,28);1H/t19-,20-;/m0./s1. The Morgan fingerprint density at radius 3 is 2.53 bits per heavy atom. The number of hydrogen-bond donors (Lipinski definition) is 3. The van der Waals surface area contributed by atoms with Crippen LogP contribution < -0.4 is 25.4 Å². The van der Waals surface area contributed by atoms with Gasteiger partial charge in [0.1, 0.15) is 19.3 Å². The van der Waals surface area contributed by atoms with Crippen LogP contribution in [0.5, 0.6) is 11.5 Å². The highest BCUT2D eigenvalue weighted by molar-refractivity contribution is 5.98. The van der Waals surface area contributed by atoms with Crippen molar-refractivity contribution in [1.29, 1.82) is 0 Å².